The number of hydrogen-bond donors (Lipinski definition) is 2. The van der Waals surface area contributed by atoms with Gasteiger partial charge in [-0.05, 0) is 36.4 Å². The highest BCUT2D eigenvalue weighted by atomic mass is 16.6. The average molecular weight is 352 g/mol. The van der Waals surface area contributed by atoms with Gasteiger partial charge in [-0.25, -0.2) is 0 Å². The number of nitro groups is 2. The van der Waals surface area contributed by atoms with Crippen molar-refractivity contribution in [2.75, 3.05) is 10.6 Å². The summed E-state index contributed by atoms with van der Waals surface area (Å²) in [6.07, 6.45) is 0. The molecule has 0 aliphatic carbocycles. The topological polar surface area (TPSA) is 136 Å². The molecule has 26 heavy (non-hydrogen) atoms. The lowest BCUT2D eigenvalue weighted by atomic mass is 10.3. The second kappa shape index (κ2) is 7.21. The molecule has 0 saturated carbocycles. The lowest BCUT2D eigenvalue weighted by Gasteiger charge is -2.07. The van der Waals surface area contributed by atoms with Gasteiger partial charge in [0.2, 0.25) is 0 Å². The molecule has 0 aliphatic heterocycles. The Hall–Kier alpha value is -4.08. The highest BCUT2D eigenvalue weighted by Crippen LogP contribution is 2.21. The fourth-order valence-electron chi connectivity index (χ4n) is 2.09. The number of hydrogen-bond acceptors (Lipinski definition) is 8. The van der Waals surface area contributed by atoms with Crippen LogP contribution in [0.4, 0.5) is 34.4 Å². The molecule has 3 aromatic rings. The Bertz CT molecular complexity index is 848. The molecular weight excluding hydrogens is 340 g/mol. The third-order valence-corrected chi connectivity index (χ3v) is 3.37. The standard InChI is InChI=1S/C16H12N6O4/c23-21(24)13-5-1-11(2-6-13)17-15-9-10-16(20-19-15)18-12-3-7-14(8-4-12)22(25)26/h1-10H,(H,17,19)(H,18,20). The monoisotopic (exact) mass is 352 g/mol. The highest BCUT2D eigenvalue weighted by molar-refractivity contribution is 5.61. The largest absolute Gasteiger partial charge is 0.339 e. The van der Waals surface area contributed by atoms with E-state index in [2.05, 4.69) is 20.8 Å². The molecule has 0 spiro atoms. The number of nitrogens with one attached hydrogen (secondary N) is 2. The summed E-state index contributed by atoms with van der Waals surface area (Å²) in [5.41, 5.74) is 1.29. The lowest BCUT2D eigenvalue weighted by molar-refractivity contribution is -0.385. The van der Waals surface area contributed by atoms with Crippen LogP contribution in [0.15, 0.2) is 60.7 Å². The Morgan fingerprint density at radius 1 is 0.615 bits per heavy atom. The first-order valence-corrected chi connectivity index (χ1v) is 7.38. The van der Waals surface area contributed by atoms with Crippen molar-refractivity contribution in [2.24, 2.45) is 0 Å². The molecule has 0 radical (unpaired) electrons. The quantitative estimate of drug-likeness (QED) is 0.505. The predicted octanol–water partition coefficient (Wildman–Crippen LogP) is 3.78. The van der Waals surface area contributed by atoms with Gasteiger partial charge in [0.15, 0.2) is 11.6 Å². The second-order valence-corrected chi connectivity index (χ2v) is 5.16. The van der Waals surface area contributed by atoms with E-state index in [1.54, 1.807) is 36.4 Å². The Balaban J connectivity index is 1.64. The molecule has 130 valence electrons. The summed E-state index contributed by atoms with van der Waals surface area (Å²) < 4.78 is 0. The van der Waals surface area contributed by atoms with Gasteiger partial charge < -0.3 is 10.6 Å². The van der Waals surface area contributed by atoms with Crippen LogP contribution in [-0.4, -0.2) is 20.0 Å². The smallest absolute Gasteiger partial charge is 0.269 e. The van der Waals surface area contributed by atoms with Crippen LogP contribution in [-0.2, 0) is 0 Å². The van der Waals surface area contributed by atoms with Gasteiger partial charge in [0.05, 0.1) is 9.85 Å². The first-order valence-electron chi connectivity index (χ1n) is 7.38. The zero-order valence-corrected chi connectivity index (χ0v) is 13.2. The van der Waals surface area contributed by atoms with E-state index >= 15 is 0 Å². The Morgan fingerprint density at radius 2 is 0.962 bits per heavy atom. The molecule has 2 aromatic carbocycles. The van der Waals surface area contributed by atoms with Crippen molar-refractivity contribution in [2.45, 2.75) is 0 Å². The Labute approximate surface area is 146 Å². The lowest BCUT2D eigenvalue weighted by Crippen LogP contribution is -1.99. The van der Waals surface area contributed by atoms with Gasteiger partial charge in [-0.2, -0.15) is 0 Å². The van der Waals surface area contributed by atoms with Crippen LogP contribution in [0.3, 0.4) is 0 Å². The zero-order valence-electron chi connectivity index (χ0n) is 13.2. The molecular formula is C16H12N6O4. The van der Waals surface area contributed by atoms with E-state index in [0.717, 1.165) is 0 Å². The van der Waals surface area contributed by atoms with Gasteiger partial charge in [-0.15, -0.1) is 10.2 Å². The van der Waals surface area contributed by atoms with Crippen LogP contribution in [0, 0.1) is 20.2 Å². The third-order valence-electron chi connectivity index (χ3n) is 3.37. The molecule has 1 aromatic heterocycles. The summed E-state index contributed by atoms with van der Waals surface area (Å²) in [6.45, 7) is 0. The summed E-state index contributed by atoms with van der Waals surface area (Å²) in [5, 5.41) is 35.2. The maximum atomic E-state index is 10.6. The second-order valence-electron chi connectivity index (χ2n) is 5.16. The van der Waals surface area contributed by atoms with E-state index in [4.69, 9.17) is 0 Å². The highest BCUT2D eigenvalue weighted by Gasteiger charge is 2.06. The van der Waals surface area contributed by atoms with Crippen LogP contribution in [0.2, 0.25) is 0 Å². The Morgan fingerprint density at radius 3 is 1.23 bits per heavy atom. The van der Waals surface area contributed by atoms with E-state index in [9.17, 15) is 20.2 Å². The van der Waals surface area contributed by atoms with E-state index in [0.29, 0.717) is 23.0 Å². The fraction of sp³-hybridized carbons (Fsp3) is 0. The molecule has 0 saturated heterocycles. The van der Waals surface area contributed by atoms with Gasteiger partial charge in [0.25, 0.3) is 11.4 Å². The number of benzene rings is 2. The van der Waals surface area contributed by atoms with E-state index < -0.39 is 9.85 Å². The molecule has 0 unspecified atom stereocenters. The van der Waals surface area contributed by atoms with Crippen molar-refractivity contribution in [3.63, 3.8) is 0 Å². The van der Waals surface area contributed by atoms with Crippen molar-refractivity contribution in [1.82, 2.24) is 10.2 Å². The van der Waals surface area contributed by atoms with Crippen LogP contribution in [0.25, 0.3) is 0 Å². The van der Waals surface area contributed by atoms with Gasteiger partial charge in [-0.3, -0.25) is 20.2 Å². The number of nitrogens with zero attached hydrogens (tertiary/aromatic N) is 4. The first-order chi connectivity index (χ1) is 12.5. The molecule has 0 bridgehead atoms. The molecule has 1 heterocycles. The molecule has 2 N–H and O–H groups in total. The zero-order chi connectivity index (χ0) is 18.5. The molecule has 0 amide bonds. The maximum Gasteiger partial charge on any atom is 0.269 e. The minimum Gasteiger partial charge on any atom is -0.339 e. The average Bonchev–Trinajstić information content (AvgIpc) is 2.64. The predicted molar refractivity (Wildman–Crippen MR) is 94.8 cm³/mol. The fourth-order valence-corrected chi connectivity index (χ4v) is 2.09. The van der Waals surface area contributed by atoms with Gasteiger partial charge in [-0.1, -0.05) is 0 Å². The third kappa shape index (κ3) is 4.06. The first kappa shape index (κ1) is 16.8. The van der Waals surface area contributed by atoms with Gasteiger partial charge in [0.1, 0.15) is 0 Å². The summed E-state index contributed by atoms with van der Waals surface area (Å²) in [6, 6.07) is 15.2. The summed E-state index contributed by atoms with van der Waals surface area (Å²) in [4.78, 5) is 20.3. The molecule has 0 atom stereocenters. The van der Waals surface area contributed by atoms with Crippen molar-refractivity contribution < 1.29 is 9.85 Å². The molecule has 10 nitrogen and oxygen atoms in total. The maximum absolute atomic E-state index is 10.6. The number of nitro benzene ring substituents is 2. The van der Waals surface area contributed by atoms with Crippen molar-refractivity contribution in [1.29, 1.82) is 0 Å². The minimum atomic E-state index is -0.470. The molecule has 10 heteroatoms. The van der Waals surface area contributed by atoms with Crippen LogP contribution >= 0.6 is 0 Å². The van der Waals surface area contributed by atoms with E-state index in [1.165, 1.54) is 24.3 Å². The summed E-state index contributed by atoms with van der Waals surface area (Å²) in [5.74, 6) is 0.932. The molecule has 0 fully saturated rings. The van der Waals surface area contributed by atoms with E-state index in [1.807, 2.05) is 0 Å². The number of aromatic nitrogens is 2. The van der Waals surface area contributed by atoms with Crippen LogP contribution in [0.1, 0.15) is 0 Å². The van der Waals surface area contributed by atoms with Gasteiger partial charge in [0, 0.05) is 35.6 Å². The minimum absolute atomic E-state index is 0.00396. The summed E-state index contributed by atoms with van der Waals surface area (Å²) in [7, 11) is 0. The summed E-state index contributed by atoms with van der Waals surface area (Å²) >= 11 is 0. The van der Waals surface area contributed by atoms with Crippen LogP contribution in [0.5, 0.6) is 0 Å². The molecule has 3 rings (SSSR count). The van der Waals surface area contributed by atoms with Crippen molar-refractivity contribution in [3.05, 3.63) is 80.9 Å². The molecule has 0 aliphatic rings. The Kier molecular flexibility index (Phi) is 4.65. The number of non-ortho nitro benzene ring substituents is 2. The number of anilines is 4. The normalized spacial score (nSPS) is 10.2. The van der Waals surface area contributed by atoms with Gasteiger partial charge >= 0.3 is 0 Å². The van der Waals surface area contributed by atoms with Crippen molar-refractivity contribution >= 4 is 34.4 Å². The SMILES string of the molecule is O=[N+]([O-])c1ccc(Nc2ccc(Nc3ccc([N+](=O)[O-])cc3)nn2)cc1. The van der Waals surface area contributed by atoms with E-state index in [-0.39, 0.29) is 11.4 Å². The van der Waals surface area contributed by atoms with Crippen LogP contribution < -0.4 is 10.6 Å². The number of rotatable bonds is 6. The van der Waals surface area contributed by atoms with Crippen molar-refractivity contribution in [3.8, 4) is 0 Å².